The predicted molar refractivity (Wildman–Crippen MR) is 335 cm³/mol. The fourth-order valence-corrected chi connectivity index (χ4v) is 13.4. The maximum absolute atomic E-state index is 2.67. The molecule has 78 heavy (non-hydrogen) atoms. The van der Waals surface area contributed by atoms with Crippen LogP contribution in [0.15, 0.2) is 218 Å². The zero-order valence-corrected chi connectivity index (χ0v) is 47.9. The molecule has 3 unspecified atom stereocenters. The van der Waals surface area contributed by atoms with Gasteiger partial charge in [-0.2, -0.15) is 0 Å². The zero-order chi connectivity index (χ0) is 54.3. The number of quaternary nitrogens is 3. The lowest BCUT2D eigenvalue weighted by atomic mass is 9.85. The highest BCUT2D eigenvalue weighted by atomic mass is 15.5. The molecule has 402 valence electrons. The molecule has 4 aliphatic heterocycles. The SMILES string of the molecule is CC1(C)c2ccccc2N(C2CCCCC2)CN1c1ccccc1.CN1C[N+](C)(c2ccccc2)Cc2ccccc21.CN1C[N+](C)(c2ccccc2)Cc2ccccc21.CN1C[N+](C)(c2ccccc2)Cc2ccccc21. The van der Waals surface area contributed by atoms with Crippen molar-refractivity contribution in [1.82, 2.24) is 13.4 Å². The molecular weight excluding hydrogens is 953 g/mol. The number of anilines is 5. The van der Waals surface area contributed by atoms with E-state index in [0.29, 0.717) is 6.04 Å². The van der Waals surface area contributed by atoms with Crippen LogP contribution in [0.4, 0.5) is 45.5 Å². The first-order valence-electron chi connectivity index (χ1n) is 28.5. The van der Waals surface area contributed by atoms with Crippen LogP contribution in [0.5, 0.6) is 0 Å². The molecule has 5 aliphatic rings. The van der Waals surface area contributed by atoms with Crippen LogP contribution in [0.25, 0.3) is 0 Å². The summed E-state index contributed by atoms with van der Waals surface area (Å²) in [6.07, 6.45) is 6.81. The Morgan fingerprint density at radius 3 is 1.08 bits per heavy atom. The Kier molecular flexibility index (Phi) is 16.1. The van der Waals surface area contributed by atoms with Gasteiger partial charge in [-0.05, 0) is 99.5 Å². The second-order valence-electron chi connectivity index (χ2n) is 23.8. The first kappa shape index (κ1) is 54.0. The largest absolute Gasteiger partial charge is 0.350 e. The zero-order valence-electron chi connectivity index (χ0n) is 47.9. The second kappa shape index (κ2) is 23.3. The van der Waals surface area contributed by atoms with Crippen LogP contribution >= 0.6 is 0 Å². The van der Waals surface area contributed by atoms with E-state index in [1.165, 1.54) is 99.9 Å². The lowest BCUT2D eigenvalue weighted by molar-refractivity contribution is 0.311. The number of hydrogen-bond acceptors (Lipinski definition) is 5. The van der Waals surface area contributed by atoms with Gasteiger partial charge in [0.15, 0.2) is 20.0 Å². The molecule has 8 nitrogen and oxygen atoms in total. The smallest absolute Gasteiger partial charge is 0.159 e. The molecule has 0 bridgehead atoms. The van der Waals surface area contributed by atoms with Gasteiger partial charge in [-0.3, -0.25) is 13.4 Å². The maximum atomic E-state index is 2.67. The molecule has 4 heterocycles. The summed E-state index contributed by atoms with van der Waals surface area (Å²) in [6.45, 7) is 11.9. The molecule has 0 amide bonds. The minimum atomic E-state index is 0.00309. The minimum Gasteiger partial charge on any atom is -0.350 e. The Morgan fingerprint density at radius 1 is 0.372 bits per heavy atom. The van der Waals surface area contributed by atoms with E-state index in [1.807, 2.05) is 0 Å². The fourth-order valence-electron chi connectivity index (χ4n) is 13.4. The van der Waals surface area contributed by atoms with Crippen molar-refractivity contribution in [3.8, 4) is 0 Å². The van der Waals surface area contributed by atoms with Gasteiger partial charge >= 0.3 is 0 Å². The molecule has 8 aromatic rings. The molecule has 8 heteroatoms. The standard InChI is InChI=1S/C22H28N2.3C16H19N2/c1-22(2)20-15-9-10-16-21(20)23(18-11-5-3-6-12-18)17-24(22)19-13-7-4-8-14-19;3*1-17-13-18(2,15-9-4-3-5-10-15)12-14-8-6-7-11-16(14)17/h4,7-10,13-16,18H,3,5-6,11-12,17H2,1-2H3;3*3-11H,12-13H2,1-2H3/q;3*+1. The average molecular weight is 1040 g/mol. The molecule has 1 aliphatic carbocycles. The number of rotatable bonds is 5. The number of hydrogen-bond donors (Lipinski definition) is 0. The molecular formula is C70H85N8+3. The van der Waals surface area contributed by atoms with Gasteiger partial charge in [-0.15, -0.1) is 0 Å². The normalized spacial score (nSPS) is 22.1. The van der Waals surface area contributed by atoms with Gasteiger partial charge in [0.05, 0.1) is 33.4 Å². The molecule has 1 fully saturated rings. The summed E-state index contributed by atoms with van der Waals surface area (Å²) < 4.78 is 2.82. The van der Waals surface area contributed by atoms with Crippen molar-refractivity contribution < 1.29 is 0 Å². The van der Waals surface area contributed by atoms with Gasteiger partial charge in [0.2, 0.25) is 0 Å². The van der Waals surface area contributed by atoms with Crippen molar-refractivity contribution in [3.63, 3.8) is 0 Å². The number of para-hydroxylation sites is 8. The summed E-state index contributed by atoms with van der Waals surface area (Å²) in [5, 5.41) is 0. The Hall–Kier alpha value is -7.36. The highest BCUT2D eigenvalue weighted by Gasteiger charge is 2.40. The van der Waals surface area contributed by atoms with Crippen molar-refractivity contribution in [3.05, 3.63) is 241 Å². The first-order valence-corrected chi connectivity index (χ1v) is 28.5. The molecule has 0 radical (unpaired) electrons. The Morgan fingerprint density at radius 2 is 0.692 bits per heavy atom. The van der Waals surface area contributed by atoms with E-state index in [0.717, 1.165) is 59.8 Å². The average Bonchev–Trinajstić information content (AvgIpc) is 3.61. The van der Waals surface area contributed by atoms with Crippen molar-refractivity contribution >= 4 is 45.5 Å². The monoisotopic (exact) mass is 1040 g/mol. The van der Waals surface area contributed by atoms with E-state index in [1.54, 1.807) is 0 Å². The van der Waals surface area contributed by atoms with Gasteiger partial charge in [0, 0.05) is 77.9 Å². The Labute approximate surface area is 468 Å². The highest BCUT2D eigenvalue weighted by Crippen LogP contribution is 2.45. The molecule has 0 spiro atoms. The van der Waals surface area contributed by atoms with E-state index in [2.05, 4.69) is 299 Å². The molecule has 0 saturated heterocycles. The molecule has 0 N–H and O–H groups in total. The van der Waals surface area contributed by atoms with Crippen LogP contribution in [-0.4, -0.2) is 75.0 Å². The molecule has 3 atom stereocenters. The lowest BCUT2D eigenvalue weighted by Crippen LogP contribution is -2.56. The van der Waals surface area contributed by atoms with Crippen LogP contribution in [0.2, 0.25) is 0 Å². The van der Waals surface area contributed by atoms with Crippen molar-refractivity contribution in [2.45, 2.75) is 77.2 Å². The summed E-state index contributed by atoms with van der Waals surface area (Å²) in [5.41, 5.74) is 16.7. The highest BCUT2D eigenvalue weighted by molar-refractivity contribution is 5.67. The first-order chi connectivity index (χ1) is 37.7. The third-order valence-electron chi connectivity index (χ3n) is 17.4. The summed E-state index contributed by atoms with van der Waals surface area (Å²) in [6, 6.07) is 79.1. The van der Waals surface area contributed by atoms with Crippen LogP contribution in [0.1, 0.15) is 68.2 Å². The van der Waals surface area contributed by atoms with Gasteiger partial charge in [-0.1, -0.05) is 165 Å². The van der Waals surface area contributed by atoms with Crippen molar-refractivity contribution in [1.29, 1.82) is 0 Å². The van der Waals surface area contributed by atoms with E-state index in [9.17, 15) is 0 Å². The van der Waals surface area contributed by atoms with Gasteiger partial charge < -0.3 is 24.5 Å². The van der Waals surface area contributed by atoms with Crippen LogP contribution in [0.3, 0.4) is 0 Å². The van der Waals surface area contributed by atoms with Gasteiger partial charge in [0.1, 0.15) is 36.7 Å². The lowest BCUT2D eigenvalue weighted by Gasteiger charge is -2.52. The van der Waals surface area contributed by atoms with Crippen LogP contribution in [-0.2, 0) is 25.2 Å². The summed E-state index contributed by atoms with van der Waals surface area (Å²) in [4.78, 5) is 12.3. The topological polar surface area (TPSA) is 16.2 Å². The molecule has 0 aromatic heterocycles. The van der Waals surface area contributed by atoms with Crippen molar-refractivity contribution in [2.75, 3.05) is 93.5 Å². The summed E-state index contributed by atoms with van der Waals surface area (Å²) in [5.74, 6) is 0. The number of fused-ring (bicyclic) bond motifs is 4. The van der Waals surface area contributed by atoms with Crippen molar-refractivity contribution in [2.24, 2.45) is 0 Å². The van der Waals surface area contributed by atoms with E-state index >= 15 is 0 Å². The van der Waals surface area contributed by atoms with E-state index in [-0.39, 0.29) is 5.54 Å². The minimum absolute atomic E-state index is 0.00309. The van der Waals surface area contributed by atoms with Gasteiger partial charge in [0.25, 0.3) is 0 Å². The van der Waals surface area contributed by atoms with Crippen LogP contribution < -0.4 is 37.9 Å². The predicted octanol–water partition coefficient (Wildman–Crippen LogP) is 15.2. The third kappa shape index (κ3) is 11.6. The van der Waals surface area contributed by atoms with Crippen LogP contribution in [0, 0.1) is 0 Å². The van der Waals surface area contributed by atoms with Gasteiger partial charge in [-0.25, -0.2) is 0 Å². The Balaban J connectivity index is 0.000000119. The van der Waals surface area contributed by atoms with E-state index < -0.39 is 0 Å². The Bertz CT molecular complexity index is 2950. The van der Waals surface area contributed by atoms with E-state index in [4.69, 9.17) is 0 Å². The summed E-state index contributed by atoms with van der Waals surface area (Å²) in [7, 11) is 13.5. The maximum Gasteiger partial charge on any atom is 0.159 e. The fraction of sp³-hybridized carbons (Fsp3) is 0.314. The molecule has 8 aromatic carbocycles. The molecule has 13 rings (SSSR count). The summed E-state index contributed by atoms with van der Waals surface area (Å²) >= 11 is 0. The molecule has 1 saturated carbocycles. The number of benzene rings is 8. The number of nitrogens with zero attached hydrogens (tertiary/aromatic N) is 8. The third-order valence-corrected chi connectivity index (χ3v) is 17.4. The quantitative estimate of drug-likeness (QED) is 0.159. The second-order valence-corrected chi connectivity index (χ2v) is 23.8.